The Balaban J connectivity index is 0.000000382. The van der Waals surface area contributed by atoms with Crippen LogP contribution in [-0.4, -0.2) is 38.4 Å². The van der Waals surface area contributed by atoms with Gasteiger partial charge in [0.15, 0.2) is 0 Å². The van der Waals surface area contributed by atoms with Gasteiger partial charge in [0, 0.05) is 34.8 Å². The van der Waals surface area contributed by atoms with Crippen LogP contribution in [0.1, 0.15) is 67.7 Å². The molecule has 0 saturated heterocycles. The number of halogens is 2. The molecular weight excluding hydrogens is 1070 g/mol. The van der Waals surface area contributed by atoms with E-state index in [-0.39, 0.29) is 27.2 Å². The third kappa shape index (κ3) is 14.6. The Labute approximate surface area is 451 Å². The van der Waals surface area contributed by atoms with Gasteiger partial charge in [0.2, 0.25) is 23.5 Å². The molecule has 4 N–H and O–H groups in total. The summed E-state index contributed by atoms with van der Waals surface area (Å²) in [5.41, 5.74) is 25.7. The van der Waals surface area contributed by atoms with E-state index < -0.39 is 15.8 Å². The summed E-state index contributed by atoms with van der Waals surface area (Å²) in [6, 6.07) is 51.1. The van der Waals surface area contributed by atoms with Gasteiger partial charge in [-0.1, -0.05) is 178 Å². The number of aromatic nitrogens is 2. The number of hydrogen-bond donors (Lipinski definition) is 2. The van der Waals surface area contributed by atoms with Crippen molar-refractivity contribution in [1.29, 1.82) is 0 Å². The Bertz CT molecular complexity index is 2740. The average molecular weight is 1140 g/mol. The first kappa shape index (κ1) is 57.1. The molecule has 2 atom stereocenters. The quantitative estimate of drug-likeness (QED) is 0.0817. The van der Waals surface area contributed by atoms with Gasteiger partial charge in [-0.25, -0.2) is 0 Å². The molecule has 0 fully saturated rings. The summed E-state index contributed by atoms with van der Waals surface area (Å²) in [4.78, 5) is 9.93. The van der Waals surface area contributed by atoms with E-state index in [2.05, 4.69) is 140 Å². The topological polar surface area (TPSA) is 115 Å². The molecule has 0 aliphatic heterocycles. The predicted molar refractivity (Wildman–Crippen MR) is 307 cm³/mol. The van der Waals surface area contributed by atoms with Gasteiger partial charge in [-0.3, -0.25) is 0 Å². The predicted octanol–water partition coefficient (Wildman–Crippen LogP) is 11.9. The van der Waals surface area contributed by atoms with Crippen LogP contribution in [0.15, 0.2) is 146 Å². The molecule has 2 heterocycles. The van der Waals surface area contributed by atoms with Crippen LogP contribution in [0.5, 0.6) is 23.5 Å². The number of ether oxygens (including phenoxy) is 4. The van der Waals surface area contributed by atoms with E-state index in [1.807, 2.05) is 60.7 Å². The van der Waals surface area contributed by atoms with Gasteiger partial charge in [-0.05, 0) is 104 Å². The van der Waals surface area contributed by atoms with E-state index >= 15 is 0 Å². The van der Waals surface area contributed by atoms with Crippen molar-refractivity contribution in [2.45, 2.75) is 67.5 Å². The van der Waals surface area contributed by atoms with Crippen LogP contribution in [0.25, 0.3) is 11.1 Å². The van der Waals surface area contributed by atoms with Crippen molar-refractivity contribution < 1.29 is 34.1 Å². The minimum atomic E-state index is -1.20. The first-order valence-corrected chi connectivity index (χ1v) is 30.8. The van der Waals surface area contributed by atoms with E-state index in [1.54, 1.807) is 28.4 Å². The third-order valence-electron chi connectivity index (χ3n) is 12.0. The van der Waals surface area contributed by atoms with Crippen molar-refractivity contribution in [2.24, 2.45) is 11.5 Å². The second-order valence-corrected chi connectivity index (χ2v) is 25.1. The SMILES string of the molecule is COc1cc(P(c2cc(C)cc(C)c2)c2cc(C)cc(C)c2)c(-c2c(P(c3cc(C)cc(C)c3)c3cc(C)cc(C)c3)cc(OC)nc2OC)c(OC)n1.N[C@@H](c1ccccc1)[C@@H](N)c1ccccc1.[Cl][Ru][Cl]. The number of methoxy groups -OCH3 is 4. The first-order valence-electron chi connectivity index (χ1n) is 23.7. The summed E-state index contributed by atoms with van der Waals surface area (Å²) < 4.78 is 24.4. The van der Waals surface area contributed by atoms with Gasteiger partial charge in [0.05, 0.1) is 39.6 Å². The van der Waals surface area contributed by atoms with Crippen molar-refractivity contribution >= 4 is 67.1 Å². The maximum absolute atomic E-state index is 6.29. The summed E-state index contributed by atoms with van der Waals surface area (Å²) in [5, 5.41) is 6.94. The molecule has 0 unspecified atom stereocenters. The molecule has 0 radical (unpaired) electrons. The van der Waals surface area contributed by atoms with E-state index in [1.165, 1.54) is 65.7 Å². The van der Waals surface area contributed by atoms with Crippen LogP contribution in [-0.2, 0) is 15.1 Å². The fourth-order valence-corrected chi connectivity index (χ4v) is 15.0. The monoisotopic (exact) mass is 1140 g/mol. The summed E-state index contributed by atoms with van der Waals surface area (Å²) >= 11 is -0.346. The van der Waals surface area contributed by atoms with Crippen LogP contribution in [0.3, 0.4) is 0 Å². The maximum atomic E-state index is 6.29. The molecule has 0 aliphatic rings. The van der Waals surface area contributed by atoms with Gasteiger partial charge in [0.1, 0.15) is 0 Å². The summed E-state index contributed by atoms with van der Waals surface area (Å²) in [6.45, 7) is 17.3. The van der Waals surface area contributed by atoms with Crippen LogP contribution < -0.4 is 62.2 Å². The molecule has 8 nitrogen and oxygen atoms in total. The minimum absolute atomic E-state index is 0.163. The number of nitrogens with zero attached hydrogens (tertiary/aromatic N) is 2. The number of nitrogens with two attached hydrogens (primary N) is 2. The van der Waals surface area contributed by atoms with Gasteiger partial charge in [-0.15, -0.1) is 0 Å². The van der Waals surface area contributed by atoms with Crippen molar-refractivity contribution in [3.63, 3.8) is 0 Å². The summed E-state index contributed by atoms with van der Waals surface area (Å²) in [6.07, 6.45) is 0. The third-order valence-corrected chi connectivity index (χ3v) is 16.8. The van der Waals surface area contributed by atoms with Crippen molar-refractivity contribution in [2.75, 3.05) is 28.4 Å². The molecule has 73 heavy (non-hydrogen) atoms. The number of hydrogen-bond acceptors (Lipinski definition) is 8. The molecule has 8 rings (SSSR count). The molecule has 0 spiro atoms. The van der Waals surface area contributed by atoms with Crippen LogP contribution >= 0.6 is 35.2 Å². The zero-order chi connectivity index (χ0) is 52.9. The van der Waals surface area contributed by atoms with Crippen LogP contribution in [0.2, 0.25) is 0 Å². The second kappa shape index (κ2) is 26.8. The van der Waals surface area contributed by atoms with E-state index in [9.17, 15) is 0 Å². The van der Waals surface area contributed by atoms with E-state index in [0.29, 0.717) is 23.5 Å². The zero-order valence-corrected chi connectivity index (χ0v) is 48.7. The first-order chi connectivity index (χ1) is 35.0. The molecule has 13 heteroatoms. The Hall–Kier alpha value is -5.20. The fraction of sp³-hybridized carbons (Fsp3) is 0.233. The van der Waals surface area contributed by atoms with Crippen molar-refractivity contribution in [3.05, 3.63) is 201 Å². The zero-order valence-electron chi connectivity index (χ0n) is 43.7. The molecule has 0 bridgehead atoms. The number of rotatable bonds is 14. The summed E-state index contributed by atoms with van der Waals surface area (Å²) in [5.74, 6) is 1.82. The molecule has 6 aromatic carbocycles. The number of benzene rings is 6. The van der Waals surface area contributed by atoms with Gasteiger partial charge < -0.3 is 30.4 Å². The van der Waals surface area contributed by atoms with Crippen LogP contribution in [0, 0.1) is 55.4 Å². The van der Waals surface area contributed by atoms with Gasteiger partial charge in [-0.2, -0.15) is 9.97 Å². The molecule has 8 aromatic rings. The molecule has 0 amide bonds. The van der Waals surface area contributed by atoms with Crippen molar-refractivity contribution in [1.82, 2.24) is 9.97 Å². The average Bonchev–Trinajstić information content (AvgIpc) is 3.35. The normalized spacial score (nSPS) is 11.8. The van der Waals surface area contributed by atoms with Gasteiger partial charge >= 0.3 is 34.5 Å². The molecule has 2 aromatic heterocycles. The molecule has 0 aliphatic carbocycles. The number of aryl methyl sites for hydroxylation is 8. The van der Waals surface area contributed by atoms with Crippen LogP contribution in [0.4, 0.5) is 0 Å². The Morgan fingerprint density at radius 2 is 0.644 bits per heavy atom. The molecular formula is C60H66Cl2N4O4P2Ru. The Kier molecular flexibility index (Phi) is 21.0. The van der Waals surface area contributed by atoms with Gasteiger partial charge in [0.25, 0.3) is 0 Å². The van der Waals surface area contributed by atoms with E-state index in [4.69, 9.17) is 59.8 Å². The standard InChI is InChI=1S/C46H50N2O4P2.C14H16N2.2ClH.Ru/c1-27-13-28(2)18-35(17-27)53(36-19-29(3)14-30(4)20-36)39-25-41(49-9)47-45(51-11)43(39)44-40(26-42(50-10)48-46(44)52-12)54(37-21-31(5)15-32(6)22-37)38-23-33(7)16-34(8)24-38;15-13(11-7-3-1-4-8-11)14(16)12-9-5-2-6-10-12;;;/h13-26H,1-12H3;1-10,13-14H,15-16H2;2*1H;/q;;;;+2/p-2/t;13-,14-;;;/m.0.../s1. The second-order valence-electron chi connectivity index (χ2n) is 18.1. The summed E-state index contributed by atoms with van der Waals surface area (Å²) in [7, 11) is 14.0. The molecule has 0 saturated carbocycles. The number of pyridine rings is 2. The Morgan fingerprint density at radius 3 is 0.863 bits per heavy atom. The molecule has 382 valence electrons. The van der Waals surface area contributed by atoms with E-state index in [0.717, 1.165) is 32.9 Å². The van der Waals surface area contributed by atoms with Crippen molar-refractivity contribution in [3.8, 4) is 34.6 Å². The Morgan fingerprint density at radius 1 is 0.397 bits per heavy atom. The fourth-order valence-electron chi connectivity index (χ4n) is 9.24.